The first-order valence-electron chi connectivity index (χ1n) is 10.1. The Morgan fingerprint density at radius 2 is 1.80 bits per heavy atom. The molecule has 0 aromatic heterocycles. The van der Waals surface area contributed by atoms with Crippen LogP contribution in [0, 0.1) is 6.92 Å². The van der Waals surface area contributed by atoms with E-state index in [0.29, 0.717) is 18.7 Å². The summed E-state index contributed by atoms with van der Waals surface area (Å²) in [6.45, 7) is 9.88. The Labute approximate surface area is 187 Å². The van der Waals surface area contributed by atoms with Gasteiger partial charge in [0.05, 0.1) is 0 Å². The third kappa shape index (κ3) is 7.17. The average Bonchev–Trinajstić information content (AvgIpc) is 2.68. The minimum atomic E-state index is -0.577. The second-order valence-electron chi connectivity index (χ2n) is 8.37. The highest BCUT2D eigenvalue weighted by Crippen LogP contribution is 2.22. The highest BCUT2D eigenvalue weighted by atomic mass is 79.9. The minimum Gasteiger partial charge on any atom is -0.484 e. The zero-order valence-electron chi connectivity index (χ0n) is 18.4. The standard InChI is InChI=1S/C24H31BrN2O3/c1-6-21(23(29)26-24(3,4)5)27(15-18-10-8-7-9-11-18)22(28)16-30-19-12-13-20(25)17(2)14-19/h7-14,21H,6,15-16H2,1-5H3,(H,26,29)/t21-/m1/s1. The van der Waals surface area contributed by atoms with Crippen LogP contribution in [0.4, 0.5) is 0 Å². The van der Waals surface area contributed by atoms with E-state index in [9.17, 15) is 9.59 Å². The number of halogens is 1. The zero-order chi connectivity index (χ0) is 22.3. The SMILES string of the molecule is CC[C@H](C(=O)NC(C)(C)C)N(Cc1ccccc1)C(=O)COc1ccc(Br)c(C)c1. The van der Waals surface area contributed by atoms with Crippen LogP contribution in [0.3, 0.4) is 0 Å². The molecule has 2 amide bonds. The largest absolute Gasteiger partial charge is 0.484 e. The lowest BCUT2D eigenvalue weighted by Crippen LogP contribution is -2.54. The number of rotatable bonds is 8. The number of carbonyl (C=O) groups is 2. The summed E-state index contributed by atoms with van der Waals surface area (Å²) < 4.78 is 6.74. The summed E-state index contributed by atoms with van der Waals surface area (Å²) >= 11 is 3.46. The molecular formula is C24H31BrN2O3. The van der Waals surface area contributed by atoms with Crippen LogP contribution < -0.4 is 10.1 Å². The van der Waals surface area contributed by atoms with Gasteiger partial charge in [-0.2, -0.15) is 0 Å². The second-order valence-corrected chi connectivity index (χ2v) is 9.22. The van der Waals surface area contributed by atoms with Crippen molar-refractivity contribution in [1.29, 1.82) is 0 Å². The van der Waals surface area contributed by atoms with E-state index in [1.165, 1.54) is 0 Å². The van der Waals surface area contributed by atoms with Crippen molar-refractivity contribution in [3.63, 3.8) is 0 Å². The summed E-state index contributed by atoms with van der Waals surface area (Å²) in [4.78, 5) is 27.7. The van der Waals surface area contributed by atoms with Gasteiger partial charge in [-0.3, -0.25) is 9.59 Å². The van der Waals surface area contributed by atoms with Crippen molar-refractivity contribution < 1.29 is 14.3 Å². The van der Waals surface area contributed by atoms with Gasteiger partial charge in [0.1, 0.15) is 11.8 Å². The predicted octanol–water partition coefficient (Wildman–Crippen LogP) is 4.86. The molecule has 0 aliphatic heterocycles. The summed E-state index contributed by atoms with van der Waals surface area (Å²) in [6.07, 6.45) is 0.512. The molecule has 0 aliphatic rings. The highest BCUT2D eigenvalue weighted by Gasteiger charge is 2.30. The Kier molecular flexibility index (Phi) is 8.47. The van der Waals surface area contributed by atoms with Crippen molar-refractivity contribution in [3.8, 4) is 5.75 Å². The summed E-state index contributed by atoms with van der Waals surface area (Å²) in [5.74, 6) is 0.236. The van der Waals surface area contributed by atoms with Crippen LogP contribution in [0.2, 0.25) is 0 Å². The number of hydrogen-bond donors (Lipinski definition) is 1. The third-order valence-corrected chi connectivity index (χ3v) is 5.46. The van der Waals surface area contributed by atoms with Crippen LogP contribution in [-0.2, 0) is 16.1 Å². The van der Waals surface area contributed by atoms with E-state index < -0.39 is 6.04 Å². The van der Waals surface area contributed by atoms with Crippen LogP contribution >= 0.6 is 15.9 Å². The van der Waals surface area contributed by atoms with E-state index in [2.05, 4.69) is 21.2 Å². The molecule has 0 heterocycles. The van der Waals surface area contributed by atoms with Gasteiger partial charge in [-0.15, -0.1) is 0 Å². The first-order valence-corrected chi connectivity index (χ1v) is 10.9. The van der Waals surface area contributed by atoms with Gasteiger partial charge in [-0.25, -0.2) is 0 Å². The molecule has 2 aromatic carbocycles. The van der Waals surface area contributed by atoms with Crippen LogP contribution in [-0.4, -0.2) is 34.9 Å². The number of ether oxygens (including phenoxy) is 1. The lowest BCUT2D eigenvalue weighted by atomic mass is 10.1. The summed E-state index contributed by atoms with van der Waals surface area (Å²) in [6, 6.07) is 14.7. The van der Waals surface area contributed by atoms with Crippen molar-refractivity contribution in [3.05, 3.63) is 64.1 Å². The van der Waals surface area contributed by atoms with E-state index in [1.54, 1.807) is 4.90 Å². The molecule has 0 unspecified atom stereocenters. The number of amides is 2. The predicted molar refractivity (Wildman–Crippen MR) is 123 cm³/mol. The van der Waals surface area contributed by atoms with E-state index >= 15 is 0 Å². The molecule has 5 nitrogen and oxygen atoms in total. The average molecular weight is 475 g/mol. The molecule has 0 saturated carbocycles. The smallest absolute Gasteiger partial charge is 0.261 e. The fourth-order valence-corrected chi connectivity index (χ4v) is 3.33. The zero-order valence-corrected chi connectivity index (χ0v) is 20.0. The summed E-state index contributed by atoms with van der Waals surface area (Å²) in [7, 11) is 0. The van der Waals surface area contributed by atoms with Crippen molar-refractivity contribution in [1.82, 2.24) is 10.2 Å². The number of nitrogens with one attached hydrogen (secondary N) is 1. The Morgan fingerprint density at radius 1 is 1.13 bits per heavy atom. The van der Waals surface area contributed by atoms with Crippen LogP contribution in [0.5, 0.6) is 5.75 Å². The summed E-state index contributed by atoms with van der Waals surface area (Å²) in [5.41, 5.74) is 1.61. The molecule has 0 aliphatic carbocycles. The maximum Gasteiger partial charge on any atom is 0.261 e. The molecule has 1 N–H and O–H groups in total. The summed E-state index contributed by atoms with van der Waals surface area (Å²) in [5, 5.41) is 3.00. The molecule has 6 heteroatoms. The van der Waals surface area contributed by atoms with Crippen LogP contribution in [0.15, 0.2) is 53.0 Å². The number of benzene rings is 2. The van der Waals surface area contributed by atoms with E-state index in [-0.39, 0.29) is 24.0 Å². The van der Waals surface area contributed by atoms with Crippen molar-refractivity contribution in [2.24, 2.45) is 0 Å². The molecule has 162 valence electrons. The minimum absolute atomic E-state index is 0.132. The number of nitrogens with zero attached hydrogens (tertiary/aromatic N) is 1. The molecule has 30 heavy (non-hydrogen) atoms. The molecular weight excluding hydrogens is 444 g/mol. The van der Waals surface area contributed by atoms with Gasteiger partial charge >= 0.3 is 0 Å². The van der Waals surface area contributed by atoms with Crippen molar-refractivity contribution in [2.45, 2.75) is 59.2 Å². The van der Waals surface area contributed by atoms with Crippen molar-refractivity contribution in [2.75, 3.05) is 6.61 Å². The highest BCUT2D eigenvalue weighted by molar-refractivity contribution is 9.10. The fourth-order valence-electron chi connectivity index (χ4n) is 3.09. The van der Waals surface area contributed by atoms with Gasteiger partial charge in [-0.05, 0) is 63.4 Å². The monoisotopic (exact) mass is 474 g/mol. The Hall–Kier alpha value is -2.34. The lowest BCUT2D eigenvalue weighted by molar-refractivity contribution is -0.143. The Morgan fingerprint density at radius 3 is 2.37 bits per heavy atom. The Balaban J connectivity index is 2.21. The number of carbonyl (C=O) groups excluding carboxylic acids is 2. The fraction of sp³-hybridized carbons (Fsp3) is 0.417. The first kappa shape index (κ1) is 23.9. The Bertz CT molecular complexity index is 862. The lowest BCUT2D eigenvalue weighted by Gasteiger charge is -2.33. The molecule has 1 atom stereocenters. The third-order valence-electron chi connectivity index (χ3n) is 4.57. The normalized spacial score (nSPS) is 12.2. The van der Waals surface area contributed by atoms with Gasteiger partial charge < -0.3 is 15.0 Å². The van der Waals surface area contributed by atoms with Gasteiger partial charge in [0.25, 0.3) is 5.91 Å². The molecule has 0 saturated heterocycles. The van der Waals surface area contributed by atoms with E-state index in [0.717, 1.165) is 15.6 Å². The maximum atomic E-state index is 13.2. The van der Waals surface area contributed by atoms with Gasteiger partial charge in [0.15, 0.2) is 6.61 Å². The molecule has 0 spiro atoms. The molecule has 0 radical (unpaired) electrons. The molecule has 0 bridgehead atoms. The van der Waals surface area contributed by atoms with Crippen molar-refractivity contribution >= 4 is 27.7 Å². The van der Waals surface area contributed by atoms with Gasteiger partial charge in [0.2, 0.25) is 5.91 Å². The molecule has 0 fully saturated rings. The number of hydrogen-bond acceptors (Lipinski definition) is 3. The van der Waals surface area contributed by atoms with Gasteiger partial charge in [0, 0.05) is 16.6 Å². The van der Waals surface area contributed by atoms with Crippen LogP contribution in [0.25, 0.3) is 0 Å². The molecule has 2 aromatic rings. The van der Waals surface area contributed by atoms with E-state index in [1.807, 2.05) is 83.1 Å². The maximum absolute atomic E-state index is 13.2. The van der Waals surface area contributed by atoms with Gasteiger partial charge in [-0.1, -0.05) is 53.2 Å². The number of aryl methyl sites for hydroxylation is 1. The molecule has 2 rings (SSSR count). The second kappa shape index (κ2) is 10.6. The topological polar surface area (TPSA) is 58.6 Å². The quantitative estimate of drug-likeness (QED) is 0.594. The van der Waals surface area contributed by atoms with Crippen LogP contribution in [0.1, 0.15) is 45.2 Å². The first-order chi connectivity index (χ1) is 14.1. The van der Waals surface area contributed by atoms with E-state index in [4.69, 9.17) is 4.74 Å².